The molecule has 200 valence electrons. The minimum absolute atomic E-state index is 0.0366. The molecule has 1 atom stereocenters. The first-order chi connectivity index (χ1) is 18.2. The number of allylic oxidation sites excluding steroid dienone is 2. The summed E-state index contributed by atoms with van der Waals surface area (Å²) in [7, 11) is 0. The summed E-state index contributed by atoms with van der Waals surface area (Å²) < 4.78 is 8.43. The van der Waals surface area contributed by atoms with Crippen LogP contribution in [-0.4, -0.2) is 79.6 Å². The van der Waals surface area contributed by atoms with Gasteiger partial charge in [-0.15, -0.1) is 16.8 Å². The molecular weight excluding hydrogens is 498 g/mol. The van der Waals surface area contributed by atoms with E-state index < -0.39 is 11.6 Å². The Morgan fingerprint density at radius 1 is 1.13 bits per heavy atom. The SMILES string of the molecule is Cc1nn(C2CCN([N@@+]34C=CC=C3C(C(=O)OC(C)(C)C)=C(C(=O)N3CCSC3)C4)CC2)c2ccccc12. The second kappa shape index (κ2) is 9.39. The van der Waals surface area contributed by atoms with Crippen molar-refractivity contribution in [2.75, 3.05) is 37.8 Å². The van der Waals surface area contributed by atoms with Crippen LogP contribution in [0.15, 0.2) is 59.5 Å². The molecule has 0 spiro atoms. The molecule has 2 fully saturated rings. The predicted molar refractivity (Wildman–Crippen MR) is 149 cm³/mol. The number of para-hydroxylation sites is 1. The number of aromatic nitrogens is 2. The molecule has 9 heteroatoms. The lowest BCUT2D eigenvalue weighted by atomic mass is 10.1. The van der Waals surface area contributed by atoms with Crippen LogP contribution in [0.2, 0.25) is 0 Å². The van der Waals surface area contributed by atoms with Crippen molar-refractivity contribution in [1.82, 2.24) is 19.7 Å². The number of benzene rings is 1. The van der Waals surface area contributed by atoms with E-state index >= 15 is 0 Å². The summed E-state index contributed by atoms with van der Waals surface area (Å²) in [5.74, 6) is 1.15. The Kier molecular flexibility index (Phi) is 6.28. The van der Waals surface area contributed by atoms with Crippen LogP contribution in [0.25, 0.3) is 10.9 Å². The Morgan fingerprint density at radius 2 is 1.89 bits per heavy atom. The zero-order chi connectivity index (χ0) is 26.7. The van der Waals surface area contributed by atoms with E-state index in [0.717, 1.165) is 43.1 Å². The van der Waals surface area contributed by atoms with E-state index in [-0.39, 0.29) is 5.91 Å². The van der Waals surface area contributed by atoms with Gasteiger partial charge in [0.05, 0.1) is 41.8 Å². The third-order valence-electron chi connectivity index (χ3n) is 7.95. The standard InChI is InChI=1S/C29H36N5O3S/c1-20-22-8-5-6-9-24(22)33(30-20)21-11-13-32(14-12-21)34-16-7-10-25(34)26(28(36)37-29(2,3)4)23(18-34)27(35)31-15-17-38-19-31/h5-10,16,21H,11-15,17-19H2,1-4H3/q+1/t34-/m1/s1. The van der Waals surface area contributed by atoms with Crippen molar-refractivity contribution in [1.29, 1.82) is 0 Å². The summed E-state index contributed by atoms with van der Waals surface area (Å²) in [5, 5.41) is 8.51. The number of thioether (sulfide) groups is 1. The second-order valence-corrected chi connectivity index (χ2v) is 12.6. The van der Waals surface area contributed by atoms with Crippen molar-refractivity contribution in [3.05, 3.63) is 65.2 Å². The highest BCUT2D eigenvalue weighted by atomic mass is 32.2. The van der Waals surface area contributed by atoms with E-state index in [2.05, 4.69) is 47.1 Å². The molecule has 0 bridgehead atoms. The molecule has 1 aromatic carbocycles. The molecule has 38 heavy (non-hydrogen) atoms. The Morgan fingerprint density at radius 3 is 2.61 bits per heavy atom. The first kappa shape index (κ1) is 25.4. The first-order valence-corrected chi connectivity index (χ1v) is 14.6. The maximum atomic E-state index is 13.7. The van der Waals surface area contributed by atoms with Crippen molar-refractivity contribution in [2.45, 2.75) is 52.2 Å². The Labute approximate surface area is 228 Å². The van der Waals surface area contributed by atoms with E-state index in [1.54, 1.807) is 11.8 Å². The number of carbonyl (C=O) groups excluding carboxylic acids is 2. The summed E-state index contributed by atoms with van der Waals surface area (Å²) in [6, 6.07) is 8.74. The molecule has 1 aromatic heterocycles. The molecule has 6 rings (SSSR count). The highest BCUT2D eigenvalue weighted by Crippen LogP contribution is 2.45. The maximum Gasteiger partial charge on any atom is 0.345 e. The molecule has 5 heterocycles. The number of ether oxygens (including phenoxy) is 1. The average molecular weight is 535 g/mol. The van der Waals surface area contributed by atoms with Crippen LogP contribution < -0.4 is 0 Å². The van der Waals surface area contributed by atoms with E-state index in [0.29, 0.717) is 40.7 Å². The summed E-state index contributed by atoms with van der Waals surface area (Å²) >= 11 is 1.75. The van der Waals surface area contributed by atoms with Gasteiger partial charge in [-0.1, -0.05) is 18.2 Å². The summed E-state index contributed by atoms with van der Waals surface area (Å²) in [5.41, 5.74) is 3.48. The summed E-state index contributed by atoms with van der Waals surface area (Å²) in [6.45, 7) is 10.5. The van der Waals surface area contributed by atoms with E-state index in [9.17, 15) is 9.59 Å². The van der Waals surface area contributed by atoms with Crippen LogP contribution in [0.1, 0.15) is 45.3 Å². The molecule has 4 aliphatic heterocycles. The number of hydrogen-bond donors (Lipinski definition) is 0. The first-order valence-electron chi connectivity index (χ1n) is 13.5. The molecule has 1 amide bonds. The monoisotopic (exact) mass is 534 g/mol. The van der Waals surface area contributed by atoms with Crippen molar-refractivity contribution >= 4 is 34.5 Å². The third-order valence-corrected chi connectivity index (χ3v) is 8.92. The minimum Gasteiger partial charge on any atom is -0.456 e. The lowest BCUT2D eigenvalue weighted by Gasteiger charge is -2.43. The van der Waals surface area contributed by atoms with Crippen molar-refractivity contribution < 1.29 is 18.9 Å². The van der Waals surface area contributed by atoms with Gasteiger partial charge in [0.25, 0.3) is 5.91 Å². The van der Waals surface area contributed by atoms with Crippen molar-refractivity contribution in [3.63, 3.8) is 0 Å². The average Bonchev–Trinajstić information content (AvgIpc) is 3.66. The van der Waals surface area contributed by atoms with E-state index in [1.807, 2.05) is 37.8 Å². The zero-order valence-corrected chi connectivity index (χ0v) is 23.5. The molecule has 0 aliphatic carbocycles. The lowest BCUT2D eigenvalue weighted by molar-refractivity contribution is -0.949. The molecule has 0 radical (unpaired) electrons. The van der Waals surface area contributed by atoms with Gasteiger partial charge >= 0.3 is 5.97 Å². The number of rotatable bonds is 4. The molecular formula is C29H36N5O3S+. The van der Waals surface area contributed by atoms with Gasteiger partial charge in [0.2, 0.25) is 0 Å². The van der Waals surface area contributed by atoms with Crippen molar-refractivity contribution in [3.8, 4) is 0 Å². The number of piperidine rings is 1. The topological polar surface area (TPSA) is 67.7 Å². The van der Waals surface area contributed by atoms with Crippen LogP contribution in [0, 0.1) is 6.92 Å². The summed E-state index contributed by atoms with van der Waals surface area (Å²) in [6.07, 6.45) is 8.03. The zero-order valence-electron chi connectivity index (χ0n) is 22.6. The van der Waals surface area contributed by atoms with Crippen LogP contribution in [0.5, 0.6) is 0 Å². The number of quaternary nitrogens is 1. The number of fused-ring (bicyclic) bond motifs is 2. The fourth-order valence-corrected chi connectivity index (χ4v) is 7.14. The van der Waals surface area contributed by atoms with Crippen molar-refractivity contribution in [2.24, 2.45) is 0 Å². The molecule has 8 nitrogen and oxygen atoms in total. The van der Waals surface area contributed by atoms with Gasteiger partial charge in [-0.05, 0) is 52.7 Å². The molecule has 0 saturated carbocycles. The quantitative estimate of drug-likeness (QED) is 0.430. The number of carbonyl (C=O) groups is 2. The van der Waals surface area contributed by atoms with Crippen LogP contribution in [-0.2, 0) is 14.3 Å². The van der Waals surface area contributed by atoms with Gasteiger partial charge in [0.1, 0.15) is 23.9 Å². The summed E-state index contributed by atoms with van der Waals surface area (Å²) in [4.78, 5) is 29.1. The highest BCUT2D eigenvalue weighted by Gasteiger charge is 2.54. The Balaban J connectivity index is 1.28. The fourth-order valence-electron chi connectivity index (χ4n) is 6.20. The maximum absolute atomic E-state index is 13.7. The molecule has 2 aromatic rings. The highest BCUT2D eigenvalue weighted by molar-refractivity contribution is 7.99. The lowest BCUT2D eigenvalue weighted by Crippen LogP contribution is -2.56. The number of nitrogens with zero attached hydrogens (tertiary/aromatic N) is 5. The van der Waals surface area contributed by atoms with Gasteiger partial charge in [-0.3, -0.25) is 9.48 Å². The van der Waals surface area contributed by atoms with Gasteiger partial charge in [0.15, 0.2) is 5.70 Å². The number of aryl methyl sites for hydroxylation is 1. The van der Waals surface area contributed by atoms with Crippen LogP contribution in [0.3, 0.4) is 0 Å². The molecule has 4 aliphatic rings. The molecule has 0 unspecified atom stereocenters. The van der Waals surface area contributed by atoms with Crippen LogP contribution in [0.4, 0.5) is 0 Å². The largest absolute Gasteiger partial charge is 0.456 e. The normalized spacial score (nSPS) is 24.4. The third kappa shape index (κ3) is 4.21. The molecule has 0 N–H and O–H groups in total. The van der Waals surface area contributed by atoms with Gasteiger partial charge in [-0.2, -0.15) is 9.69 Å². The molecule has 2 saturated heterocycles. The van der Waals surface area contributed by atoms with E-state index in [1.165, 1.54) is 10.9 Å². The Hall–Kier alpha value is -2.88. The Bertz CT molecular complexity index is 1390. The fraction of sp³-hybridized carbons (Fsp3) is 0.483. The van der Waals surface area contributed by atoms with Gasteiger partial charge in [0, 0.05) is 23.8 Å². The smallest absolute Gasteiger partial charge is 0.345 e. The van der Waals surface area contributed by atoms with Crippen LogP contribution >= 0.6 is 11.8 Å². The van der Waals surface area contributed by atoms with Gasteiger partial charge in [-0.25, -0.2) is 4.79 Å². The van der Waals surface area contributed by atoms with Gasteiger partial charge < -0.3 is 9.64 Å². The van der Waals surface area contributed by atoms with E-state index in [4.69, 9.17) is 9.84 Å². The number of hydrogen-bond acceptors (Lipinski definition) is 6. The number of esters is 1. The number of amides is 1. The minimum atomic E-state index is -0.643. The second-order valence-electron chi connectivity index (χ2n) is 11.6. The predicted octanol–water partition coefficient (Wildman–Crippen LogP) is 4.31.